The first-order valence-electron chi connectivity index (χ1n) is 9.43. The van der Waals surface area contributed by atoms with E-state index in [1.807, 2.05) is 13.0 Å². The average Bonchev–Trinajstić information content (AvgIpc) is 3.27. The molecular weight excluding hydrogens is 388 g/mol. The summed E-state index contributed by atoms with van der Waals surface area (Å²) in [6.45, 7) is 2.08. The van der Waals surface area contributed by atoms with E-state index in [1.165, 1.54) is 9.80 Å². The number of hydrogen-bond donors (Lipinski definition) is 2. The number of aliphatic hydroxyl groups excluding tert-OH is 1. The SMILES string of the molecule is CCN(C)C(=O)Oc1ccc(N2C=C([C@H](CO)N(C=O)c3ccccc3)ON2)cc1. The fraction of sp³-hybridized carbons (Fsp3) is 0.238. The zero-order chi connectivity index (χ0) is 21.5. The van der Waals surface area contributed by atoms with Gasteiger partial charge in [-0.15, -0.1) is 0 Å². The van der Waals surface area contributed by atoms with Crippen LogP contribution < -0.4 is 20.2 Å². The molecular formula is C21H24N4O5. The lowest BCUT2D eigenvalue weighted by Crippen LogP contribution is -2.39. The van der Waals surface area contributed by atoms with Gasteiger partial charge >= 0.3 is 6.09 Å². The second-order valence-electron chi connectivity index (χ2n) is 6.52. The van der Waals surface area contributed by atoms with Crippen LogP contribution in [-0.2, 0) is 9.63 Å². The molecule has 9 nitrogen and oxygen atoms in total. The number of hydrogen-bond acceptors (Lipinski definition) is 7. The summed E-state index contributed by atoms with van der Waals surface area (Å²) in [5.41, 5.74) is 4.07. The standard InChI is InChI=1S/C21H24N4O5/c1-3-23(2)21(28)29-18-11-9-17(10-12-18)25-13-20(30-22-25)19(14-26)24(15-27)16-7-5-4-6-8-16/h4-13,15,19,22,26H,3,14H2,1-2H3/t19-/m0/s1. The third kappa shape index (κ3) is 4.70. The van der Waals surface area contributed by atoms with E-state index in [4.69, 9.17) is 9.57 Å². The second-order valence-corrected chi connectivity index (χ2v) is 6.52. The van der Waals surface area contributed by atoms with Crippen LogP contribution in [0.4, 0.5) is 16.2 Å². The van der Waals surface area contributed by atoms with Crippen molar-refractivity contribution in [1.82, 2.24) is 10.5 Å². The molecule has 0 fully saturated rings. The predicted molar refractivity (Wildman–Crippen MR) is 111 cm³/mol. The normalized spacial score (nSPS) is 13.8. The van der Waals surface area contributed by atoms with Gasteiger partial charge in [0, 0.05) is 19.3 Å². The maximum atomic E-state index is 11.8. The van der Waals surface area contributed by atoms with Gasteiger partial charge in [-0.1, -0.05) is 23.8 Å². The number of benzene rings is 2. The molecule has 2 N–H and O–H groups in total. The Morgan fingerprint density at radius 2 is 1.93 bits per heavy atom. The lowest BCUT2D eigenvalue weighted by molar-refractivity contribution is -0.108. The summed E-state index contributed by atoms with van der Waals surface area (Å²) in [5.74, 6) is 0.784. The molecule has 9 heteroatoms. The summed E-state index contributed by atoms with van der Waals surface area (Å²) in [7, 11) is 1.66. The van der Waals surface area contributed by atoms with Crippen LogP contribution in [0.2, 0.25) is 0 Å². The largest absolute Gasteiger partial charge is 0.414 e. The Morgan fingerprint density at radius 1 is 1.23 bits per heavy atom. The van der Waals surface area contributed by atoms with Crippen LogP contribution in [0, 0.1) is 0 Å². The van der Waals surface area contributed by atoms with Gasteiger partial charge in [-0.2, -0.15) is 0 Å². The fourth-order valence-electron chi connectivity index (χ4n) is 2.78. The van der Waals surface area contributed by atoms with Gasteiger partial charge in [0.2, 0.25) is 6.41 Å². The third-order valence-electron chi connectivity index (χ3n) is 4.63. The van der Waals surface area contributed by atoms with Crippen molar-refractivity contribution in [3.8, 4) is 5.75 Å². The third-order valence-corrected chi connectivity index (χ3v) is 4.63. The second kappa shape index (κ2) is 9.77. The van der Waals surface area contributed by atoms with Gasteiger partial charge in [0.15, 0.2) is 5.76 Å². The van der Waals surface area contributed by atoms with E-state index < -0.39 is 12.1 Å². The lowest BCUT2D eigenvalue weighted by atomic mass is 10.2. The number of nitrogens with zero attached hydrogens (tertiary/aromatic N) is 3. The molecule has 30 heavy (non-hydrogen) atoms. The van der Waals surface area contributed by atoms with Gasteiger partial charge in [-0.3, -0.25) is 4.79 Å². The van der Waals surface area contributed by atoms with Crippen molar-refractivity contribution in [1.29, 1.82) is 0 Å². The molecule has 0 bridgehead atoms. The minimum absolute atomic E-state index is 0.325. The maximum absolute atomic E-state index is 11.8. The van der Waals surface area contributed by atoms with Gasteiger partial charge in [0.1, 0.15) is 11.8 Å². The Labute approximate surface area is 174 Å². The quantitative estimate of drug-likeness (QED) is 0.642. The van der Waals surface area contributed by atoms with Crippen molar-refractivity contribution in [2.45, 2.75) is 13.0 Å². The summed E-state index contributed by atoms with van der Waals surface area (Å²) >= 11 is 0. The Morgan fingerprint density at radius 3 is 2.53 bits per heavy atom. The number of aliphatic hydroxyl groups is 1. The van der Waals surface area contributed by atoms with E-state index in [9.17, 15) is 14.7 Å². The van der Waals surface area contributed by atoms with Crippen molar-refractivity contribution < 1.29 is 24.3 Å². The number of amides is 2. The van der Waals surface area contributed by atoms with Crippen molar-refractivity contribution in [3.05, 3.63) is 66.6 Å². The van der Waals surface area contributed by atoms with Crippen LogP contribution >= 0.6 is 0 Å². The molecule has 0 radical (unpaired) electrons. The molecule has 0 aliphatic carbocycles. The van der Waals surface area contributed by atoms with E-state index >= 15 is 0 Å². The molecule has 1 heterocycles. The topological polar surface area (TPSA) is 94.6 Å². The van der Waals surface area contributed by atoms with Crippen molar-refractivity contribution in [3.63, 3.8) is 0 Å². The molecule has 0 saturated carbocycles. The minimum Gasteiger partial charge on any atom is -0.410 e. The zero-order valence-corrected chi connectivity index (χ0v) is 16.8. The number of ether oxygens (including phenoxy) is 1. The predicted octanol–water partition coefficient (Wildman–Crippen LogP) is 2.26. The number of nitrogens with one attached hydrogen (secondary N) is 1. The van der Waals surface area contributed by atoms with Crippen LogP contribution in [0.15, 0.2) is 66.6 Å². The molecule has 0 saturated heterocycles. The highest BCUT2D eigenvalue weighted by Gasteiger charge is 2.29. The fourth-order valence-corrected chi connectivity index (χ4v) is 2.78. The van der Waals surface area contributed by atoms with Crippen molar-refractivity contribution in [2.75, 3.05) is 30.1 Å². The monoisotopic (exact) mass is 412 g/mol. The molecule has 0 unspecified atom stereocenters. The first kappa shape index (κ1) is 21.2. The van der Waals surface area contributed by atoms with E-state index in [2.05, 4.69) is 5.59 Å². The highest BCUT2D eigenvalue weighted by atomic mass is 16.7. The van der Waals surface area contributed by atoms with Gasteiger partial charge in [0.05, 0.1) is 18.5 Å². The van der Waals surface area contributed by atoms with Crippen LogP contribution in [0.25, 0.3) is 0 Å². The van der Waals surface area contributed by atoms with Gasteiger partial charge < -0.3 is 24.5 Å². The summed E-state index contributed by atoms with van der Waals surface area (Å²) in [4.78, 5) is 31.9. The number of anilines is 2. The van der Waals surface area contributed by atoms with E-state index in [-0.39, 0.29) is 6.61 Å². The van der Waals surface area contributed by atoms with Crippen LogP contribution in [0.1, 0.15) is 6.92 Å². The molecule has 0 spiro atoms. The Balaban J connectivity index is 1.72. The highest BCUT2D eigenvalue weighted by Crippen LogP contribution is 2.26. The van der Waals surface area contributed by atoms with Crippen molar-refractivity contribution in [2.24, 2.45) is 0 Å². The number of hydrazine groups is 1. The lowest BCUT2D eigenvalue weighted by Gasteiger charge is -2.26. The number of carbonyl (C=O) groups is 2. The molecule has 158 valence electrons. The Kier molecular flexibility index (Phi) is 6.89. The molecule has 3 rings (SSSR count). The van der Waals surface area contributed by atoms with Gasteiger partial charge in [-0.25, -0.2) is 9.80 Å². The van der Waals surface area contributed by atoms with Gasteiger partial charge in [-0.05, 0) is 43.3 Å². The van der Waals surface area contributed by atoms with Gasteiger partial charge in [0.25, 0.3) is 0 Å². The molecule has 2 amide bonds. The maximum Gasteiger partial charge on any atom is 0.414 e. The average molecular weight is 412 g/mol. The van der Waals surface area contributed by atoms with E-state index in [0.717, 1.165) is 0 Å². The van der Waals surface area contributed by atoms with Crippen LogP contribution in [0.5, 0.6) is 5.75 Å². The molecule has 1 aliphatic rings. The molecule has 1 aliphatic heterocycles. The van der Waals surface area contributed by atoms with Crippen LogP contribution in [0.3, 0.4) is 0 Å². The Hall–Kier alpha value is -3.56. The highest BCUT2D eigenvalue weighted by molar-refractivity contribution is 5.77. The van der Waals surface area contributed by atoms with E-state index in [1.54, 1.807) is 66.8 Å². The Bertz CT molecular complexity index is 888. The summed E-state index contributed by atoms with van der Waals surface area (Å²) in [6, 6.07) is 15.1. The number of rotatable bonds is 8. The summed E-state index contributed by atoms with van der Waals surface area (Å²) in [6.07, 6.45) is 1.86. The first-order chi connectivity index (χ1) is 14.6. The summed E-state index contributed by atoms with van der Waals surface area (Å²) < 4.78 is 5.28. The van der Waals surface area contributed by atoms with E-state index in [0.29, 0.717) is 35.8 Å². The minimum atomic E-state index is -0.702. The van der Waals surface area contributed by atoms with Crippen LogP contribution in [-0.4, -0.2) is 48.8 Å². The molecule has 2 aromatic rings. The first-order valence-corrected chi connectivity index (χ1v) is 9.43. The number of carbonyl (C=O) groups excluding carboxylic acids is 2. The zero-order valence-electron chi connectivity index (χ0n) is 16.8. The smallest absolute Gasteiger partial charge is 0.410 e. The molecule has 1 atom stereocenters. The molecule has 2 aromatic carbocycles. The van der Waals surface area contributed by atoms with Crippen molar-refractivity contribution >= 4 is 23.9 Å². The number of para-hydroxylation sites is 1. The summed E-state index contributed by atoms with van der Waals surface area (Å²) in [5, 5.41) is 11.5. The molecule has 0 aromatic heterocycles.